The third-order valence-corrected chi connectivity index (χ3v) is 9.12. The number of alkyl halides is 5. The second-order valence-corrected chi connectivity index (χ2v) is 10.0. The van der Waals surface area contributed by atoms with Crippen molar-refractivity contribution in [3.8, 4) is 0 Å². The Bertz CT molecular complexity index is 775. The fraction of sp³-hybridized carbons (Fsp3) is 0.857. The minimum absolute atomic E-state index is 0.00133. The van der Waals surface area contributed by atoms with E-state index in [-0.39, 0.29) is 42.6 Å². The molecule has 4 rings (SSSR count). The molecule has 3 saturated carbocycles. The second kappa shape index (κ2) is 5.95. The number of carbonyl (C=O) groups is 1. The first-order valence-electron chi connectivity index (χ1n) is 10.3. The summed E-state index contributed by atoms with van der Waals surface area (Å²) in [7, 11) is 0. The van der Waals surface area contributed by atoms with Gasteiger partial charge >= 0.3 is 12.1 Å². The highest BCUT2D eigenvalue weighted by Gasteiger charge is 2.79. The Morgan fingerprint density at radius 2 is 1.55 bits per heavy atom. The third kappa shape index (κ3) is 2.41. The Morgan fingerprint density at radius 3 is 2.17 bits per heavy atom. The number of allylic oxidation sites excluding steroid dienone is 1. The number of hydrogen-bond acceptors (Lipinski definition) is 3. The zero-order valence-electron chi connectivity index (χ0n) is 16.6. The van der Waals surface area contributed by atoms with Gasteiger partial charge in [0, 0.05) is 11.8 Å². The molecule has 0 radical (unpaired) electrons. The summed E-state index contributed by atoms with van der Waals surface area (Å²) < 4.78 is 68.4. The Kier molecular flexibility index (Phi) is 4.32. The molecule has 0 aromatic carbocycles. The molecule has 4 aliphatic rings. The van der Waals surface area contributed by atoms with Gasteiger partial charge in [-0.15, -0.1) is 0 Å². The molecule has 3 nitrogen and oxygen atoms in total. The smallest absolute Gasteiger partial charge is 0.456 e. The van der Waals surface area contributed by atoms with Gasteiger partial charge in [-0.1, -0.05) is 13.8 Å². The number of hydrogen-bond donors (Lipinski definition) is 2. The van der Waals surface area contributed by atoms with Crippen molar-refractivity contribution in [3.05, 3.63) is 11.3 Å². The molecule has 0 amide bonds. The van der Waals surface area contributed by atoms with Crippen LogP contribution in [0.5, 0.6) is 0 Å². The minimum atomic E-state index is -5.81. The lowest BCUT2D eigenvalue weighted by atomic mass is 9.46. The molecule has 0 saturated heterocycles. The van der Waals surface area contributed by atoms with Crippen molar-refractivity contribution < 1.29 is 37.0 Å². The van der Waals surface area contributed by atoms with E-state index < -0.39 is 40.9 Å². The Hall–Kier alpha value is -1.18. The highest BCUT2D eigenvalue weighted by atomic mass is 19.4. The van der Waals surface area contributed by atoms with Gasteiger partial charge in [0.05, 0.1) is 0 Å². The highest BCUT2D eigenvalue weighted by Crippen LogP contribution is 2.71. The molecular weight excluding hydrogens is 395 g/mol. The summed E-state index contributed by atoms with van der Waals surface area (Å²) in [4.78, 5) is 11.9. The summed E-state index contributed by atoms with van der Waals surface area (Å²) in [5.41, 5.74) is -4.38. The molecular formula is C21H27F5O3. The molecule has 0 aromatic heterocycles. The van der Waals surface area contributed by atoms with Crippen molar-refractivity contribution in [2.75, 3.05) is 0 Å². The van der Waals surface area contributed by atoms with E-state index in [4.69, 9.17) is 0 Å². The van der Waals surface area contributed by atoms with E-state index in [1.807, 2.05) is 6.92 Å². The average Bonchev–Trinajstić information content (AvgIpc) is 2.90. The topological polar surface area (TPSA) is 57.5 Å². The van der Waals surface area contributed by atoms with Crippen molar-refractivity contribution in [2.24, 2.45) is 28.6 Å². The monoisotopic (exact) mass is 422 g/mol. The molecule has 8 heteroatoms. The number of ketones is 1. The first-order chi connectivity index (χ1) is 13.2. The predicted molar refractivity (Wildman–Crippen MR) is 94.2 cm³/mol. The molecule has 0 heterocycles. The van der Waals surface area contributed by atoms with Crippen LogP contribution in [0.15, 0.2) is 11.3 Å². The van der Waals surface area contributed by atoms with Crippen molar-refractivity contribution in [2.45, 2.75) is 82.9 Å². The zero-order valence-corrected chi connectivity index (χ0v) is 16.6. The van der Waals surface area contributed by atoms with Crippen molar-refractivity contribution in [1.82, 2.24) is 0 Å². The van der Waals surface area contributed by atoms with Gasteiger partial charge in [0.1, 0.15) is 5.60 Å². The summed E-state index contributed by atoms with van der Waals surface area (Å²) in [6, 6.07) is 0. The van der Waals surface area contributed by atoms with Crippen molar-refractivity contribution in [3.63, 3.8) is 0 Å². The van der Waals surface area contributed by atoms with E-state index in [0.29, 0.717) is 31.3 Å². The summed E-state index contributed by atoms with van der Waals surface area (Å²) >= 11 is 0. The first kappa shape index (κ1) is 21.1. The van der Waals surface area contributed by atoms with Gasteiger partial charge in [0.25, 0.3) is 0 Å². The SMILES string of the molecule is C[C@]12CCC(=O)C(O)=C1CC[C@@H]1[C@H]2CC[C@@]2(C)[C@H]1CCC2(O)C(F)(F)C(F)(F)F. The van der Waals surface area contributed by atoms with E-state index in [0.717, 1.165) is 0 Å². The number of aliphatic hydroxyl groups is 2. The molecule has 4 aliphatic carbocycles. The van der Waals surface area contributed by atoms with Gasteiger partial charge in [-0.25, -0.2) is 0 Å². The molecule has 0 spiro atoms. The van der Waals surface area contributed by atoms with Crippen LogP contribution < -0.4 is 0 Å². The van der Waals surface area contributed by atoms with Crippen LogP contribution in [0.1, 0.15) is 65.2 Å². The lowest BCUT2D eigenvalue weighted by Crippen LogP contribution is -2.65. The molecule has 6 atom stereocenters. The lowest BCUT2D eigenvalue weighted by molar-refractivity contribution is -0.363. The van der Waals surface area contributed by atoms with Crippen LogP contribution in [0.2, 0.25) is 0 Å². The molecule has 1 unspecified atom stereocenters. The maximum Gasteiger partial charge on any atom is 0.456 e. The molecule has 3 fully saturated rings. The molecule has 2 N–H and O–H groups in total. The Balaban J connectivity index is 1.72. The van der Waals surface area contributed by atoms with E-state index >= 15 is 0 Å². The van der Waals surface area contributed by atoms with Crippen LogP contribution in [0.4, 0.5) is 22.0 Å². The maximum absolute atomic E-state index is 14.4. The summed E-state index contributed by atoms with van der Waals surface area (Å²) in [6.45, 7) is 3.38. The Morgan fingerprint density at radius 1 is 0.931 bits per heavy atom. The van der Waals surface area contributed by atoms with Gasteiger partial charge in [0.15, 0.2) is 11.5 Å². The Labute approximate surface area is 166 Å². The number of Topliss-reactive ketones (excluding diaryl/α,β-unsaturated/α-hetero) is 1. The maximum atomic E-state index is 14.4. The molecule has 0 bridgehead atoms. The van der Waals surface area contributed by atoms with Crippen LogP contribution in [0.25, 0.3) is 0 Å². The standard InChI is InChI=1S/C21H27F5O3/c1-17-8-7-15(27)16(28)14(17)4-3-11-12(17)5-9-18(2)13(11)6-10-19(18,29)20(22,23)21(24,25)26/h11-13,28-29H,3-10H2,1-2H3/t11-,12-,13+,17-,18+,19?/m1/s1. The summed E-state index contributed by atoms with van der Waals surface area (Å²) in [6.07, 6.45) is -4.05. The van der Waals surface area contributed by atoms with Gasteiger partial charge in [-0.2, -0.15) is 22.0 Å². The van der Waals surface area contributed by atoms with Gasteiger partial charge in [-0.3, -0.25) is 4.79 Å². The number of carbonyl (C=O) groups excluding carboxylic acids is 1. The minimum Gasteiger partial charge on any atom is -0.504 e. The molecule has 0 aromatic rings. The second-order valence-electron chi connectivity index (χ2n) is 10.0. The fourth-order valence-electron chi connectivity index (χ4n) is 7.45. The largest absolute Gasteiger partial charge is 0.504 e. The zero-order chi connectivity index (χ0) is 21.6. The summed E-state index contributed by atoms with van der Waals surface area (Å²) in [5, 5.41) is 21.1. The van der Waals surface area contributed by atoms with Crippen molar-refractivity contribution in [1.29, 1.82) is 0 Å². The lowest BCUT2D eigenvalue weighted by Gasteiger charge is -2.59. The number of fused-ring (bicyclic) bond motifs is 5. The van der Waals surface area contributed by atoms with Crippen LogP contribution in [-0.4, -0.2) is 33.7 Å². The highest BCUT2D eigenvalue weighted by molar-refractivity contribution is 5.95. The molecule has 0 aliphatic heterocycles. The molecule has 164 valence electrons. The number of halogens is 5. The van der Waals surface area contributed by atoms with Crippen molar-refractivity contribution >= 4 is 5.78 Å². The third-order valence-electron chi connectivity index (χ3n) is 9.12. The van der Waals surface area contributed by atoms with Crippen LogP contribution in [0.3, 0.4) is 0 Å². The van der Waals surface area contributed by atoms with E-state index in [2.05, 4.69) is 0 Å². The van der Waals surface area contributed by atoms with E-state index in [1.54, 1.807) is 0 Å². The fourth-order valence-corrected chi connectivity index (χ4v) is 7.45. The van der Waals surface area contributed by atoms with Gasteiger partial charge < -0.3 is 10.2 Å². The normalized spacial score (nSPS) is 45.7. The number of aliphatic hydroxyl groups excluding tert-OH is 1. The average molecular weight is 422 g/mol. The van der Waals surface area contributed by atoms with Crippen LogP contribution >= 0.6 is 0 Å². The van der Waals surface area contributed by atoms with Crippen LogP contribution in [0, 0.1) is 28.6 Å². The van der Waals surface area contributed by atoms with E-state index in [9.17, 15) is 37.0 Å². The molecule has 29 heavy (non-hydrogen) atoms. The summed E-state index contributed by atoms with van der Waals surface area (Å²) in [5.74, 6) is -6.19. The van der Waals surface area contributed by atoms with Gasteiger partial charge in [-0.05, 0) is 73.7 Å². The van der Waals surface area contributed by atoms with E-state index in [1.165, 1.54) is 6.92 Å². The quantitative estimate of drug-likeness (QED) is 0.562. The van der Waals surface area contributed by atoms with Crippen LogP contribution in [-0.2, 0) is 4.79 Å². The first-order valence-corrected chi connectivity index (χ1v) is 10.3. The van der Waals surface area contributed by atoms with Gasteiger partial charge in [0.2, 0.25) is 0 Å². The predicted octanol–water partition coefficient (Wildman–Crippen LogP) is 5.33. The number of rotatable bonds is 1.